The summed E-state index contributed by atoms with van der Waals surface area (Å²) in [7, 11) is 0. The van der Waals surface area contributed by atoms with Gasteiger partial charge in [-0.2, -0.15) is 11.8 Å². The maximum Gasteiger partial charge on any atom is 0.329 e. The number of carbonyl (C=O) groups is 2. The molecular weight excluding hydrogens is 252 g/mol. The Labute approximate surface area is 111 Å². The molecule has 0 saturated carbocycles. The zero-order valence-corrected chi connectivity index (χ0v) is 11.5. The molecule has 0 aromatic rings. The molecule has 0 spiro atoms. The second kappa shape index (κ2) is 5.38. The lowest BCUT2D eigenvalue weighted by Crippen LogP contribution is -2.61. The number of carboxylic acids is 1. The molecule has 0 bridgehead atoms. The Morgan fingerprint density at radius 1 is 1.44 bits per heavy atom. The molecule has 2 rings (SSSR count). The largest absolute Gasteiger partial charge is 0.480 e. The maximum atomic E-state index is 12.2. The molecule has 2 unspecified atom stereocenters. The van der Waals surface area contributed by atoms with Gasteiger partial charge < -0.3 is 15.3 Å². The average molecular weight is 272 g/mol. The molecule has 18 heavy (non-hydrogen) atoms. The highest BCUT2D eigenvalue weighted by Gasteiger charge is 2.44. The zero-order chi connectivity index (χ0) is 13.2. The first-order valence-corrected chi connectivity index (χ1v) is 7.59. The zero-order valence-electron chi connectivity index (χ0n) is 10.6. The number of amides is 2. The molecule has 2 heterocycles. The van der Waals surface area contributed by atoms with E-state index in [0.29, 0.717) is 13.0 Å². The van der Waals surface area contributed by atoms with Gasteiger partial charge in [0.25, 0.3) is 0 Å². The molecule has 2 saturated heterocycles. The van der Waals surface area contributed by atoms with Crippen molar-refractivity contribution < 1.29 is 14.7 Å². The summed E-state index contributed by atoms with van der Waals surface area (Å²) in [6.45, 7) is 2.19. The van der Waals surface area contributed by atoms with Gasteiger partial charge >= 0.3 is 12.0 Å². The predicted molar refractivity (Wildman–Crippen MR) is 70.9 cm³/mol. The van der Waals surface area contributed by atoms with Gasteiger partial charge in [-0.1, -0.05) is 0 Å². The van der Waals surface area contributed by atoms with Crippen LogP contribution in [0.5, 0.6) is 0 Å². The van der Waals surface area contributed by atoms with Gasteiger partial charge in [0, 0.05) is 18.3 Å². The Kier molecular flexibility index (Phi) is 4.04. The molecule has 2 amide bonds. The first kappa shape index (κ1) is 13.5. The number of thioether (sulfide) groups is 1. The minimum absolute atomic E-state index is 0.197. The monoisotopic (exact) mass is 272 g/mol. The normalized spacial score (nSPS) is 32.3. The van der Waals surface area contributed by atoms with Crippen LogP contribution in [0.3, 0.4) is 0 Å². The smallest absolute Gasteiger partial charge is 0.329 e. The van der Waals surface area contributed by atoms with Crippen LogP contribution in [0.15, 0.2) is 0 Å². The molecule has 0 radical (unpaired) electrons. The lowest BCUT2D eigenvalue weighted by Gasteiger charge is -2.41. The minimum atomic E-state index is -1.05. The van der Waals surface area contributed by atoms with Crippen LogP contribution in [0.2, 0.25) is 0 Å². The van der Waals surface area contributed by atoms with Crippen molar-refractivity contribution in [2.24, 2.45) is 0 Å². The quantitative estimate of drug-likeness (QED) is 0.800. The highest BCUT2D eigenvalue weighted by Crippen LogP contribution is 2.28. The van der Waals surface area contributed by atoms with Gasteiger partial charge in [0.05, 0.1) is 0 Å². The number of piperidine rings is 1. The number of carbonyl (C=O) groups excluding carboxylic acids is 1. The Morgan fingerprint density at radius 2 is 2.22 bits per heavy atom. The molecule has 0 aromatic heterocycles. The van der Waals surface area contributed by atoms with Crippen LogP contribution >= 0.6 is 11.8 Å². The predicted octanol–water partition coefficient (Wildman–Crippen LogP) is 1.53. The van der Waals surface area contributed by atoms with E-state index in [9.17, 15) is 14.7 Å². The van der Waals surface area contributed by atoms with Gasteiger partial charge in [-0.05, 0) is 38.4 Å². The lowest BCUT2D eigenvalue weighted by molar-refractivity contribution is -0.150. The van der Waals surface area contributed by atoms with E-state index in [1.54, 1.807) is 6.92 Å². The molecule has 2 aliphatic rings. The molecule has 2 fully saturated rings. The minimum Gasteiger partial charge on any atom is -0.480 e. The van der Waals surface area contributed by atoms with E-state index >= 15 is 0 Å². The summed E-state index contributed by atoms with van der Waals surface area (Å²) in [5, 5.41) is 12.3. The van der Waals surface area contributed by atoms with Crippen LogP contribution in [-0.4, -0.2) is 51.6 Å². The average Bonchev–Trinajstić information content (AvgIpc) is 2.82. The third kappa shape index (κ3) is 2.58. The Balaban J connectivity index is 2.03. The number of likely N-dealkylation sites (tertiary alicyclic amines) is 1. The van der Waals surface area contributed by atoms with Crippen LogP contribution in [-0.2, 0) is 4.79 Å². The summed E-state index contributed by atoms with van der Waals surface area (Å²) >= 11 is 1.83. The van der Waals surface area contributed by atoms with E-state index in [1.807, 2.05) is 11.8 Å². The first-order chi connectivity index (χ1) is 8.54. The van der Waals surface area contributed by atoms with Crippen molar-refractivity contribution in [1.82, 2.24) is 10.2 Å². The standard InChI is InChI=1S/C12H20N2O3S/c1-12(10(15)16)5-2-3-6-14(12)11(17)13-9-4-7-18-8-9/h9H,2-8H2,1H3,(H,13,17)(H,15,16). The van der Waals surface area contributed by atoms with Gasteiger partial charge in [-0.25, -0.2) is 9.59 Å². The molecule has 0 aromatic carbocycles. The molecule has 5 nitrogen and oxygen atoms in total. The van der Waals surface area contributed by atoms with Crippen molar-refractivity contribution in [2.45, 2.75) is 44.2 Å². The van der Waals surface area contributed by atoms with E-state index in [2.05, 4.69) is 5.32 Å². The highest BCUT2D eigenvalue weighted by atomic mass is 32.2. The van der Waals surface area contributed by atoms with Crippen LogP contribution in [0.4, 0.5) is 4.79 Å². The Bertz CT molecular complexity index is 344. The van der Waals surface area contributed by atoms with E-state index in [1.165, 1.54) is 4.90 Å². The molecule has 2 aliphatic heterocycles. The molecule has 2 atom stereocenters. The van der Waals surface area contributed by atoms with E-state index in [-0.39, 0.29) is 12.1 Å². The Hall–Kier alpha value is -0.910. The summed E-state index contributed by atoms with van der Waals surface area (Å²) in [5.74, 6) is 1.10. The van der Waals surface area contributed by atoms with Gasteiger partial charge in [0.1, 0.15) is 5.54 Å². The van der Waals surface area contributed by atoms with Gasteiger partial charge in [0.15, 0.2) is 0 Å². The maximum absolute atomic E-state index is 12.2. The molecule has 0 aliphatic carbocycles. The first-order valence-electron chi connectivity index (χ1n) is 6.43. The van der Waals surface area contributed by atoms with Gasteiger partial charge in [-0.3, -0.25) is 0 Å². The SMILES string of the molecule is CC1(C(=O)O)CCCCN1C(=O)NC1CCSC1. The third-order valence-electron chi connectivity index (χ3n) is 3.85. The third-order valence-corrected chi connectivity index (χ3v) is 5.02. The van der Waals surface area contributed by atoms with Crippen molar-refractivity contribution in [3.8, 4) is 0 Å². The molecule has 2 N–H and O–H groups in total. The van der Waals surface area contributed by atoms with E-state index in [4.69, 9.17) is 0 Å². The van der Waals surface area contributed by atoms with E-state index in [0.717, 1.165) is 30.8 Å². The molecular formula is C12H20N2O3S. The number of hydrogen-bond acceptors (Lipinski definition) is 3. The lowest BCUT2D eigenvalue weighted by atomic mass is 9.89. The van der Waals surface area contributed by atoms with Crippen molar-refractivity contribution in [2.75, 3.05) is 18.1 Å². The van der Waals surface area contributed by atoms with Crippen LogP contribution in [0, 0.1) is 0 Å². The summed E-state index contributed by atoms with van der Waals surface area (Å²) < 4.78 is 0. The number of urea groups is 1. The highest BCUT2D eigenvalue weighted by molar-refractivity contribution is 7.99. The van der Waals surface area contributed by atoms with E-state index < -0.39 is 11.5 Å². The van der Waals surface area contributed by atoms with Gasteiger partial charge in [-0.15, -0.1) is 0 Å². The van der Waals surface area contributed by atoms with Crippen molar-refractivity contribution in [3.05, 3.63) is 0 Å². The number of carboxylic acid groups (broad SMARTS) is 1. The topological polar surface area (TPSA) is 69.6 Å². The molecule has 102 valence electrons. The number of nitrogens with one attached hydrogen (secondary N) is 1. The number of nitrogens with zero attached hydrogens (tertiary/aromatic N) is 1. The fourth-order valence-corrected chi connectivity index (χ4v) is 3.72. The van der Waals surface area contributed by atoms with Crippen molar-refractivity contribution >= 4 is 23.8 Å². The van der Waals surface area contributed by atoms with Crippen LogP contribution in [0.25, 0.3) is 0 Å². The number of rotatable bonds is 2. The second-order valence-corrected chi connectivity index (χ2v) is 6.35. The fraction of sp³-hybridized carbons (Fsp3) is 0.833. The van der Waals surface area contributed by atoms with Crippen molar-refractivity contribution in [3.63, 3.8) is 0 Å². The summed E-state index contributed by atoms with van der Waals surface area (Å²) in [5.41, 5.74) is -1.05. The van der Waals surface area contributed by atoms with Gasteiger partial charge in [0.2, 0.25) is 0 Å². The number of hydrogen-bond donors (Lipinski definition) is 2. The summed E-state index contributed by atoms with van der Waals surface area (Å²) in [4.78, 5) is 25.1. The fourth-order valence-electron chi connectivity index (χ4n) is 2.57. The van der Waals surface area contributed by atoms with Crippen LogP contribution < -0.4 is 5.32 Å². The Morgan fingerprint density at radius 3 is 2.83 bits per heavy atom. The van der Waals surface area contributed by atoms with Crippen molar-refractivity contribution in [1.29, 1.82) is 0 Å². The second-order valence-electron chi connectivity index (χ2n) is 5.20. The summed E-state index contributed by atoms with van der Waals surface area (Å²) in [6.07, 6.45) is 3.27. The summed E-state index contributed by atoms with van der Waals surface area (Å²) in [6, 6.07) is -0.0189. The number of aliphatic carboxylic acids is 1. The van der Waals surface area contributed by atoms with Crippen LogP contribution in [0.1, 0.15) is 32.6 Å². The molecule has 6 heteroatoms.